The van der Waals surface area contributed by atoms with Gasteiger partial charge in [-0.3, -0.25) is 19.7 Å². The maximum Gasteiger partial charge on any atom is 0.248 e. The van der Waals surface area contributed by atoms with Crippen LogP contribution >= 0.6 is 0 Å². The van der Waals surface area contributed by atoms with E-state index in [1.807, 2.05) is 30.3 Å². The quantitative estimate of drug-likeness (QED) is 0.609. The molecule has 2 unspecified atom stereocenters. The minimum atomic E-state index is -0.491. The molecule has 136 valence electrons. The van der Waals surface area contributed by atoms with Gasteiger partial charge in [0.1, 0.15) is 12.4 Å². The maximum absolute atomic E-state index is 12.0. The second-order valence-corrected chi connectivity index (χ2v) is 6.12. The summed E-state index contributed by atoms with van der Waals surface area (Å²) in [7, 11) is 0. The Bertz CT molecular complexity index is 749. The molecule has 2 aromatic carbocycles. The Hall–Kier alpha value is -2.74. The molecular weight excluding hydrogens is 332 g/mol. The number of benzene rings is 2. The highest BCUT2D eigenvalue weighted by molar-refractivity contribution is 5.94. The molecule has 7 heteroatoms. The summed E-state index contributed by atoms with van der Waals surface area (Å²) in [6.45, 7) is 0. The van der Waals surface area contributed by atoms with E-state index in [1.165, 1.54) is 0 Å². The van der Waals surface area contributed by atoms with Gasteiger partial charge in [0.25, 0.3) is 0 Å². The number of hydroxylamine groups is 1. The number of rotatable bonds is 7. The zero-order valence-corrected chi connectivity index (χ0v) is 14.3. The Kier molecular flexibility index (Phi) is 5.96. The highest BCUT2D eigenvalue weighted by Gasteiger charge is 2.24. The number of primary amides is 1. The predicted octanol–water partition coefficient (Wildman–Crippen LogP) is 2.04. The fourth-order valence-corrected chi connectivity index (χ4v) is 2.75. The van der Waals surface area contributed by atoms with Crippen LogP contribution in [0.25, 0.3) is 0 Å². The van der Waals surface area contributed by atoms with Crippen molar-refractivity contribution in [2.75, 3.05) is 5.32 Å². The lowest BCUT2D eigenvalue weighted by Crippen LogP contribution is -2.26. The van der Waals surface area contributed by atoms with Crippen LogP contribution in [0, 0.1) is 0 Å². The van der Waals surface area contributed by atoms with E-state index in [0.29, 0.717) is 30.5 Å². The molecule has 0 saturated carbocycles. The lowest BCUT2D eigenvalue weighted by Gasteiger charge is -2.11. The minimum Gasteiger partial charge on any atom is -0.366 e. The monoisotopic (exact) mass is 354 g/mol. The van der Waals surface area contributed by atoms with Crippen LogP contribution in [0.5, 0.6) is 0 Å². The van der Waals surface area contributed by atoms with Crippen LogP contribution in [0.4, 0.5) is 5.69 Å². The Morgan fingerprint density at radius 2 is 1.81 bits per heavy atom. The van der Waals surface area contributed by atoms with Crippen molar-refractivity contribution in [3.63, 3.8) is 0 Å². The summed E-state index contributed by atoms with van der Waals surface area (Å²) < 4.78 is 0. The number of hydrogen-bond acceptors (Lipinski definition) is 5. The number of carbonyl (C=O) groups excluding carboxylic acids is 2. The van der Waals surface area contributed by atoms with Crippen LogP contribution in [-0.4, -0.2) is 18.0 Å². The summed E-state index contributed by atoms with van der Waals surface area (Å²) in [5.74, 6) is -0.572. The first-order valence-electron chi connectivity index (χ1n) is 8.54. The van der Waals surface area contributed by atoms with Crippen LogP contribution < -0.4 is 21.8 Å². The zero-order chi connectivity index (χ0) is 18.4. The van der Waals surface area contributed by atoms with Crippen LogP contribution in [0.15, 0.2) is 54.6 Å². The number of amides is 2. The third-order valence-corrected chi connectivity index (χ3v) is 4.14. The lowest BCUT2D eigenvalue weighted by molar-refractivity contribution is -0.116. The van der Waals surface area contributed by atoms with Gasteiger partial charge in [0.2, 0.25) is 11.8 Å². The first kappa shape index (κ1) is 18.1. The molecule has 0 spiro atoms. The Morgan fingerprint density at radius 3 is 2.50 bits per heavy atom. The molecule has 1 saturated heterocycles. The van der Waals surface area contributed by atoms with Gasteiger partial charge >= 0.3 is 0 Å². The molecule has 2 atom stereocenters. The van der Waals surface area contributed by atoms with Crippen LogP contribution in [0.2, 0.25) is 0 Å². The lowest BCUT2D eigenvalue weighted by atomic mass is 10.1. The third-order valence-electron chi connectivity index (χ3n) is 4.14. The van der Waals surface area contributed by atoms with Gasteiger partial charge in [-0.25, -0.2) is 0 Å². The second kappa shape index (κ2) is 8.57. The number of hydrogen-bond donors (Lipinski definition) is 4. The van der Waals surface area contributed by atoms with E-state index in [1.54, 1.807) is 24.3 Å². The first-order chi connectivity index (χ1) is 12.6. The molecule has 3 rings (SSSR count). The molecule has 1 fully saturated rings. The Balaban J connectivity index is 1.38. The van der Waals surface area contributed by atoms with E-state index < -0.39 is 5.91 Å². The van der Waals surface area contributed by atoms with Crippen LogP contribution in [0.3, 0.4) is 0 Å². The van der Waals surface area contributed by atoms with Crippen molar-refractivity contribution in [1.29, 1.82) is 0 Å². The third kappa shape index (κ3) is 4.89. The zero-order valence-electron chi connectivity index (χ0n) is 14.3. The molecule has 7 nitrogen and oxygen atoms in total. The average molecular weight is 354 g/mol. The number of nitrogens with two attached hydrogens (primary N) is 1. The van der Waals surface area contributed by atoms with Gasteiger partial charge < -0.3 is 11.1 Å². The van der Waals surface area contributed by atoms with E-state index in [4.69, 9.17) is 10.6 Å². The van der Waals surface area contributed by atoms with E-state index in [9.17, 15) is 9.59 Å². The summed E-state index contributed by atoms with van der Waals surface area (Å²) in [5, 5.41) is 6.14. The summed E-state index contributed by atoms with van der Waals surface area (Å²) in [6.07, 6.45) is 1.60. The summed E-state index contributed by atoms with van der Waals surface area (Å²) in [6, 6.07) is 16.5. The number of carbonyl (C=O) groups is 2. The number of anilines is 1. The second-order valence-electron chi connectivity index (χ2n) is 6.12. The van der Waals surface area contributed by atoms with Crippen molar-refractivity contribution in [2.45, 2.75) is 31.7 Å². The standard InChI is InChI=1S/C19H22N4O3/c20-18(25)13-9-11-15(12-10-13)21-16(24)7-4-8-17-22-19(23-26-17)14-5-2-1-3-6-14/h1-3,5-6,9-12,17,19,22-23H,4,7-8H2,(H2,20,25)(H,21,24). The highest BCUT2D eigenvalue weighted by atomic mass is 16.7. The van der Waals surface area contributed by atoms with Gasteiger partial charge in [-0.1, -0.05) is 30.3 Å². The van der Waals surface area contributed by atoms with E-state index >= 15 is 0 Å². The molecule has 26 heavy (non-hydrogen) atoms. The Morgan fingerprint density at radius 1 is 1.08 bits per heavy atom. The predicted molar refractivity (Wildman–Crippen MR) is 97.8 cm³/mol. The van der Waals surface area contributed by atoms with Crippen LogP contribution in [0.1, 0.15) is 41.3 Å². The van der Waals surface area contributed by atoms with E-state index in [2.05, 4.69) is 16.1 Å². The van der Waals surface area contributed by atoms with Gasteiger partial charge in [0, 0.05) is 17.7 Å². The average Bonchev–Trinajstić information content (AvgIpc) is 3.12. The van der Waals surface area contributed by atoms with E-state index in [-0.39, 0.29) is 18.3 Å². The van der Waals surface area contributed by atoms with Crippen molar-refractivity contribution < 1.29 is 14.4 Å². The number of nitrogens with one attached hydrogen (secondary N) is 3. The summed E-state index contributed by atoms with van der Waals surface area (Å²) >= 11 is 0. The molecule has 0 radical (unpaired) electrons. The molecule has 1 aliphatic heterocycles. The van der Waals surface area contributed by atoms with Crippen molar-refractivity contribution in [3.8, 4) is 0 Å². The largest absolute Gasteiger partial charge is 0.366 e. The molecule has 2 aromatic rings. The highest BCUT2D eigenvalue weighted by Crippen LogP contribution is 2.18. The van der Waals surface area contributed by atoms with Crippen LogP contribution in [-0.2, 0) is 9.63 Å². The fraction of sp³-hybridized carbons (Fsp3) is 0.263. The molecule has 1 aliphatic rings. The summed E-state index contributed by atoms with van der Waals surface area (Å²) in [4.78, 5) is 28.6. The maximum atomic E-state index is 12.0. The van der Waals surface area contributed by atoms with Gasteiger partial charge in [0.15, 0.2) is 0 Å². The van der Waals surface area contributed by atoms with Gasteiger partial charge in [-0.05, 0) is 42.7 Å². The minimum absolute atomic E-state index is 0.0428. The van der Waals surface area contributed by atoms with Gasteiger partial charge in [-0.15, -0.1) is 0 Å². The smallest absolute Gasteiger partial charge is 0.248 e. The Labute approximate surface area is 151 Å². The molecule has 0 aliphatic carbocycles. The molecular formula is C19H22N4O3. The van der Waals surface area contributed by atoms with Crippen molar-refractivity contribution in [1.82, 2.24) is 10.8 Å². The van der Waals surface area contributed by atoms with Gasteiger partial charge in [0.05, 0.1) is 0 Å². The fourth-order valence-electron chi connectivity index (χ4n) is 2.75. The topological polar surface area (TPSA) is 105 Å². The first-order valence-corrected chi connectivity index (χ1v) is 8.54. The molecule has 0 aromatic heterocycles. The molecule has 0 bridgehead atoms. The summed E-state index contributed by atoms with van der Waals surface area (Å²) in [5.41, 5.74) is 10.3. The molecule has 1 heterocycles. The molecule has 5 N–H and O–H groups in total. The van der Waals surface area contributed by atoms with Crippen molar-refractivity contribution in [2.24, 2.45) is 5.73 Å². The normalized spacial score (nSPS) is 19.2. The van der Waals surface area contributed by atoms with Crippen molar-refractivity contribution >= 4 is 17.5 Å². The van der Waals surface area contributed by atoms with Crippen molar-refractivity contribution in [3.05, 3.63) is 65.7 Å². The van der Waals surface area contributed by atoms with Gasteiger partial charge in [-0.2, -0.15) is 5.48 Å². The van der Waals surface area contributed by atoms with E-state index in [0.717, 1.165) is 5.56 Å². The molecule has 2 amide bonds. The SMILES string of the molecule is NC(=O)c1ccc(NC(=O)CCCC2NC(c3ccccc3)NO2)cc1.